The number of rotatable bonds is 3. The van der Waals surface area contributed by atoms with E-state index in [2.05, 4.69) is 25.7 Å². The first-order valence-electron chi connectivity index (χ1n) is 5.57. The van der Waals surface area contributed by atoms with Gasteiger partial charge in [0.15, 0.2) is 0 Å². The van der Waals surface area contributed by atoms with Crippen LogP contribution < -0.4 is 10.5 Å². The molecule has 2 N–H and O–H groups in total. The Hall–Kier alpha value is -1.31. The van der Waals surface area contributed by atoms with E-state index in [1.54, 1.807) is 18.5 Å². The van der Waals surface area contributed by atoms with Crippen molar-refractivity contribution < 1.29 is 17.9 Å². The molecule has 114 valence electrons. The Bertz CT molecular complexity index is 593. The van der Waals surface area contributed by atoms with E-state index in [0.29, 0.717) is 5.56 Å². The van der Waals surface area contributed by atoms with Gasteiger partial charge in [-0.2, -0.15) is 0 Å². The van der Waals surface area contributed by atoms with Crippen molar-refractivity contribution in [1.29, 1.82) is 0 Å². The molecule has 0 saturated heterocycles. The molecule has 0 bridgehead atoms. The molecule has 1 heterocycles. The lowest BCUT2D eigenvalue weighted by molar-refractivity contribution is -0.274. The lowest BCUT2D eigenvalue weighted by Crippen LogP contribution is -2.17. The fourth-order valence-electron chi connectivity index (χ4n) is 1.67. The summed E-state index contributed by atoms with van der Waals surface area (Å²) in [5, 5.41) is 0. The quantitative estimate of drug-likeness (QED) is 0.863. The van der Waals surface area contributed by atoms with Gasteiger partial charge in [-0.15, -0.1) is 25.6 Å². The van der Waals surface area contributed by atoms with Crippen LogP contribution in [0.25, 0.3) is 0 Å². The molecule has 0 spiro atoms. The standard InChI is InChI=1S/C13H10BrF3N2O.ClH/c14-10-5-9(6-19-7-10)12(18)8-1-3-11(4-2-8)20-13(15,16)17;/h1-7,12H,18H2;1H/t12-;/m0./s1. The van der Waals surface area contributed by atoms with E-state index in [1.165, 1.54) is 24.3 Å². The second-order valence-electron chi connectivity index (χ2n) is 4.03. The van der Waals surface area contributed by atoms with E-state index in [1.807, 2.05) is 0 Å². The van der Waals surface area contributed by atoms with Crippen molar-refractivity contribution in [2.24, 2.45) is 5.73 Å². The molecule has 0 fully saturated rings. The third-order valence-electron chi connectivity index (χ3n) is 2.56. The average Bonchev–Trinajstić information content (AvgIpc) is 2.37. The molecule has 0 aliphatic rings. The molecule has 0 aliphatic carbocycles. The molecule has 0 aliphatic heterocycles. The van der Waals surface area contributed by atoms with Gasteiger partial charge in [0.2, 0.25) is 0 Å². The zero-order chi connectivity index (χ0) is 14.8. The van der Waals surface area contributed by atoms with Crippen LogP contribution in [0.1, 0.15) is 17.2 Å². The smallest absolute Gasteiger partial charge is 0.406 e. The van der Waals surface area contributed by atoms with Crippen molar-refractivity contribution in [3.05, 3.63) is 58.3 Å². The molecule has 0 saturated carbocycles. The molecule has 0 unspecified atom stereocenters. The Morgan fingerprint density at radius 2 is 1.71 bits per heavy atom. The van der Waals surface area contributed by atoms with Gasteiger partial charge >= 0.3 is 6.36 Å². The Labute approximate surface area is 133 Å². The molecule has 1 atom stereocenters. The van der Waals surface area contributed by atoms with Crippen LogP contribution in [0, 0.1) is 0 Å². The van der Waals surface area contributed by atoms with Crippen LogP contribution in [0.15, 0.2) is 47.2 Å². The molecule has 2 rings (SSSR count). The maximum atomic E-state index is 12.0. The van der Waals surface area contributed by atoms with E-state index >= 15 is 0 Å². The van der Waals surface area contributed by atoms with Crippen LogP contribution in [0.2, 0.25) is 0 Å². The highest BCUT2D eigenvalue weighted by Crippen LogP contribution is 2.26. The lowest BCUT2D eigenvalue weighted by Gasteiger charge is -2.14. The highest BCUT2D eigenvalue weighted by atomic mass is 79.9. The average molecular weight is 384 g/mol. The van der Waals surface area contributed by atoms with Crippen molar-refractivity contribution in [3.8, 4) is 5.75 Å². The van der Waals surface area contributed by atoms with Crippen LogP contribution in [0.4, 0.5) is 13.2 Å². The third-order valence-corrected chi connectivity index (χ3v) is 2.99. The summed E-state index contributed by atoms with van der Waals surface area (Å²) in [5.41, 5.74) is 7.46. The van der Waals surface area contributed by atoms with Crippen molar-refractivity contribution in [3.63, 3.8) is 0 Å². The third kappa shape index (κ3) is 5.18. The summed E-state index contributed by atoms with van der Waals surface area (Å²) < 4.78 is 40.7. The Morgan fingerprint density at radius 3 is 2.24 bits per heavy atom. The largest absolute Gasteiger partial charge is 0.573 e. The van der Waals surface area contributed by atoms with Gasteiger partial charge in [0.05, 0.1) is 6.04 Å². The Balaban J connectivity index is 0.00000220. The fourth-order valence-corrected chi connectivity index (χ4v) is 2.05. The van der Waals surface area contributed by atoms with Crippen LogP contribution >= 0.6 is 28.3 Å². The second kappa shape index (κ2) is 7.11. The van der Waals surface area contributed by atoms with Gasteiger partial charge < -0.3 is 10.5 Å². The molecule has 0 radical (unpaired) electrons. The number of hydrogen-bond acceptors (Lipinski definition) is 3. The van der Waals surface area contributed by atoms with Crippen molar-refractivity contribution in [2.75, 3.05) is 0 Å². The molecule has 2 aromatic rings. The van der Waals surface area contributed by atoms with Gasteiger partial charge in [-0.05, 0) is 45.3 Å². The summed E-state index contributed by atoms with van der Waals surface area (Å²) in [7, 11) is 0. The molecule has 3 nitrogen and oxygen atoms in total. The number of nitrogens with zero attached hydrogens (tertiary/aromatic N) is 1. The van der Waals surface area contributed by atoms with E-state index in [9.17, 15) is 13.2 Å². The summed E-state index contributed by atoms with van der Waals surface area (Å²) in [4.78, 5) is 4.00. The number of halogens is 5. The second-order valence-corrected chi connectivity index (χ2v) is 4.95. The van der Waals surface area contributed by atoms with Gasteiger partial charge in [-0.3, -0.25) is 4.98 Å². The van der Waals surface area contributed by atoms with Crippen LogP contribution in [0.5, 0.6) is 5.75 Å². The van der Waals surface area contributed by atoms with Crippen LogP contribution in [0.3, 0.4) is 0 Å². The maximum Gasteiger partial charge on any atom is 0.573 e. The fraction of sp³-hybridized carbons (Fsp3) is 0.154. The van der Waals surface area contributed by atoms with Crippen molar-refractivity contribution in [2.45, 2.75) is 12.4 Å². The zero-order valence-electron chi connectivity index (χ0n) is 10.5. The SMILES string of the molecule is Cl.N[C@@H](c1ccc(OC(F)(F)F)cc1)c1cncc(Br)c1. The van der Waals surface area contributed by atoms with E-state index in [4.69, 9.17) is 5.73 Å². The van der Waals surface area contributed by atoms with Gasteiger partial charge in [0, 0.05) is 16.9 Å². The first-order valence-corrected chi connectivity index (χ1v) is 6.36. The van der Waals surface area contributed by atoms with Gasteiger partial charge in [0.25, 0.3) is 0 Å². The minimum atomic E-state index is -4.70. The summed E-state index contributed by atoms with van der Waals surface area (Å²) >= 11 is 3.28. The Morgan fingerprint density at radius 1 is 1.10 bits per heavy atom. The predicted molar refractivity (Wildman–Crippen MR) is 78.3 cm³/mol. The number of benzene rings is 1. The molecular formula is C13H11BrClF3N2O. The van der Waals surface area contributed by atoms with Crippen molar-refractivity contribution in [1.82, 2.24) is 4.98 Å². The van der Waals surface area contributed by atoms with Gasteiger partial charge in [-0.1, -0.05) is 12.1 Å². The summed E-state index contributed by atoms with van der Waals surface area (Å²) in [6, 6.07) is 6.78. The van der Waals surface area contributed by atoms with E-state index < -0.39 is 12.4 Å². The Kier molecular flexibility index (Phi) is 6.00. The number of alkyl halides is 3. The molecule has 21 heavy (non-hydrogen) atoms. The van der Waals surface area contributed by atoms with Gasteiger partial charge in [0.1, 0.15) is 5.75 Å². The minimum Gasteiger partial charge on any atom is -0.406 e. The normalized spacial score (nSPS) is 12.4. The van der Waals surface area contributed by atoms with Crippen molar-refractivity contribution >= 4 is 28.3 Å². The number of ether oxygens (including phenoxy) is 1. The van der Waals surface area contributed by atoms with Gasteiger partial charge in [-0.25, -0.2) is 0 Å². The highest BCUT2D eigenvalue weighted by molar-refractivity contribution is 9.10. The predicted octanol–water partition coefficient (Wildman–Crippen LogP) is 4.21. The first-order chi connectivity index (χ1) is 9.35. The zero-order valence-corrected chi connectivity index (χ0v) is 12.9. The molecule has 1 aromatic heterocycles. The van der Waals surface area contributed by atoms with E-state index in [0.717, 1.165) is 10.0 Å². The highest BCUT2D eigenvalue weighted by Gasteiger charge is 2.31. The van der Waals surface area contributed by atoms with Crippen LogP contribution in [-0.2, 0) is 0 Å². The summed E-state index contributed by atoms with van der Waals surface area (Å²) in [6.07, 6.45) is -1.47. The summed E-state index contributed by atoms with van der Waals surface area (Å²) in [6.45, 7) is 0. The topological polar surface area (TPSA) is 48.1 Å². The molecule has 0 amide bonds. The first kappa shape index (κ1) is 17.7. The van der Waals surface area contributed by atoms with E-state index in [-0.39, 0.29) is 18.2 Å². The number of hydrogen-bond donors (Lipinski definition) is 1. The molecule has 1 aromatic carbocycles. The number of aromatic nitrogens is 1. The minimum absolute atomic E-state index is 0. The molecule has 8 heteroatoms. The number of nitrogens with two attached hydrogens (primary N) is 1. The summed E-state index contributed by atoms with van der Waals surface area (Å²) in [5.74, 6) is -0.277. The monoisotopic (exact) mass is 382 g/mol. The maximum absolute atomic E-state index is 12.0. The number of pyridine rings is 1. The van der Waals surface area contributed by atoms with Crippen LogP contribution in [-0.4, -0.2) is 11.3 Å². The lowest BCUT2D eigenvalue weighted by atomic mass is 10.0. The molecular weight excluding hydrogens is 373 g/mol.